The number of rotatable bonds is 5. The molecular formula is C25H19BrN4O4S. The van der Waals surface area contributed by atoms with E-state index in [1.165, 1.54) is 17.6 Å². The molecule has 0 radical (unpaired) electrons. The SMILES string of the molecule is N#Cc1c(NC(=O)C(=O)NN=Cc2ccc(OC(=O)c3ccc(Br)cc3)cc2)sc2c1CCCC2. The van der Waals surface area contributed by atoms with Crippen molar-refractivity contribution < 1.29 is 19.1 Å². The van der Waals surface area contributed by atoms with E-state index < -0.39 is 17.8 Å². The fourth-order valence-corrected chi connectivity index (χ4v) is 5.02. The number of halogens is 1. The Morgan fingerprint density at radius 3 is 2.46 bits per heavy atom. The van der Waals surface area contributed by atoms with Crippen molar-refractivity contribution in [3.63, 3.8) is 0 Å². The first-order valence-electron chi connectivity index (χ1n) is 10.7. The highest BCUT2D eigenvalue weighted by Gasteiger charge is 2.23. The summed E-state index contributed by atoms with van der Waals surface area (Å²) in [6.45, 7) is 0. The number of nitriles is 1. The van der Waals surface area contributed by atoms with Crippen LogP contribution >= 0.6 is 27.3 Å². The van der Waals surface area contributed by atoms with Gasteiger partial charge in [-0.25, -0.2) is 10.2 Å². The summed E-state index contributed by atoms with van der Waals surface area (Å²) >= 11 is 4.66. The summed E-state index contributed by atoms with van der Waals surface area (Å²) in [5.41, 5.74) is 4.63. The molecule has 2 aromatic carbocycles. The van der Waals surface area contributed by atoms with Crippen molar-refractivity contribution >= 4 is 56.3 Å². The van der Waals surface area contributed by atoms with E-state index in [2.05, 4.69) is 37.8 Å². The van der Waals surface area contributed by atoms with Gasteiger partial charge in [0, 0.05) is 9.35 Å². The third-order valence-electron chi connectivity index (χ3n) is 5.27. The lowest BCUT2D eigenvalue weighted by molar-refractivity contribution is -0.136. The summed E-state index contributed by atoms with van der Waals surface area (Å²) < 4.78 is 6.19. The van der Waals surface area contributed by atoms with Crippen LogP contribution in [-0.2, 0) is 22.4 Å². The minimum absolute atomic E-state index is 0.352. The molecule has 2 N–H and O–H groups in total. The van der Waals surface area contributed by atoms with Gasteiger partial charge in [0.05, 0.1) is 17.3 Å². The molecule has 0 fully saturated rings. The summed E-state index contributed by atoms with van der Waals surface area (Å²) in [5, 5.41) is 16.2. The quantitative estimate of drug-likeness (QED) is 0.158. The number of nitrogens with one attached hydrogen (secondary N) is 2. The number of anilines is 1. The Bertz CT molecular complexity index is 1340. The molecule has 1 aliphatic rings. The van der Waals surface area contributed by atoms with E-state index in [9.17, 15) is 19.6 Å². The van der Waals surface area contributed by atoms with Gasteiger partial charge in [-0.2, -0.15) is 10.4 Å². The molecule has 10 heteroatoms. The number of thiophene rings is 1. The maximum atomic E-state index is 12.3. The summed E-state index contributed by atoms with van der Waals surface area (Å²) in [5.74, 6) is -1.97. The molecule has 1 aliphatic carbocycles. The number of esters is 1. The number of carbonyl (C=O) groups is 3. The molecule has 35 heavy (non-hydrogen) atoms. The van der Waals surface area contributed by atoms with Gasteiger partial charge in [0.2, 0.25) is 0 Å². The lowest BCUT2D eigenvalue weighted by Gasteiger charge is -2.09. The first-order valence-corrected chi connectivity index (χ1v) is 12.3. The number of hydrogen-bond acceptors (Lipinski definition) is 7. The van der Waals surface area contributed by atoms with Crippen molar-refractivity contribution in [3.8, 4) is 11.8 Å². The predicted octanol–water partition coefficient (Wildman–Crippen LogP) is 4.57. The molecule has 1 aromatic heterocycles. The van der Waals surface area contributed by atoms with Gasteiger partial charge >= 0.3 is 17.8 Å². The number of hydrogen-bond donors (Lipinski definition) is 2. The van der Waals surface area contributed by atoms with Crippen LogP contribution in [0, 0.1) is 11.3 Å². The molecule has 3 aromatic rings. The highest BCUT2D eigenvalue weighted by Crippen LogP contribution is 2.37. The van der Waals surface area contributed by atoms with E-state index in [-0.39, 0.29) is 0 Å². The van der Waals surface area contributed by atoms with Crippen molar-refractivity contribution in [1.82, 2.24) is 5.43 Å². The number of benzene rings is 2. The molecule has 4 rings (SSSR count). The van der Waals surface area contributed by atoms with Crippen LogP contribution in [0.5, 0.6) is 5.75 Å². The fourth-order valence-electron chi connectivity index (χ4n) is 3.52. The van der Waals surface area contributed by atoms with Crippen LogP contribution in [0.1, 0.15) is 44.8 Å². The van der Waals surface area contributed by atoms with E-state index >= 15 is 0 Å². The van der Waals surface area contributed by atoms with Gasteiger partial charge in [0.25, 0.3) is 0 Å². The fraction of sp³-hybridized carbons (Fsp3) is 0.160. The second-order valence-corrected chi connectivity index (χ2v) is 9.67. The molecule has 0 unspecified atom stereocenters. The Morgan fingerprint density at radius 1 is 1.03 bits per heavy atom. The number of aryl methyl sites for hydroxylation is 1. The normalized spacial score (nSPS) is 12.5. The summed E-state index contributed by atoms with van der Waals surface area (Å²) in [6, 6.07) is 15.4. The van der Waals surface area contributed by atoms with Gasteiger partial charge in [-0.05, 0) is 85.3 Å². The third-order valence-corrected chi connectivity index (χ3v) is 7.00. The average Bonchev–Trinajstić information content (AvgIpc) is 3.22. The Hall–Kier alpha value is -3.81. The minimum atomic E-state index is -0.948. The van der Waals surface area contributed by atoms with E-state index in [0.717, 1.165) is 40.6 Å². The zero-order valence-electron chi connectivity index (χ0n) is 18.3. The van der Waals surface area contributed by atoms with Crippen LogP contribution < -0.4 is 15.5 Å². The molecule has 0 atom stereocenters. The van der Waals surface area contributed by atoms with Crippen LogP contribution in [0.4, 0.5) is 5.00 Å². The van der Waals surface area contributed by atoms with Crippen LogP contribution in [0.2, 0.25) is 0 Å². The topological polar surface area (TPSA) is 121 Å². The zero-order chi connectivity index (χ0) is 24.8. The monoisotopic (exact) mass is 550 g/mol. The van der Waals surface area contributed by atoms with E-state index in [1.54, 1.807) is 48.5 Å². The van der Waals surface area contributed by atoms with Crippen molar-refractivity contribution in [2.24, 2.45) is 5.10 Å². The second kappa shape index (κ2) is 11.1. The van der Waals surface area contributed by atoms with Crippen LogP contribution in [0.25, 0.3) is 0 Å². The number of carbonyl (C=O) groups excluding carboxylic acids is 3. The minimum Gasteiger partial charge on any atom is -0.423 e. The van der Waals surface area contributed by atoms with Gasteiger partial charge in [-0.15, -0.1) is 11.3 Å². The number of hydrazone groups is 1. The lowest BCUT2D eigenvalue weighted by Crippen LogP contribution is -2.32. The van der Waals surface area contributed by atoms with Gasteiger partial charge < -0.3 is 10.1 Å². The predicted molar refractivity (Wildman–Crippen MR) is 136 cm³/mol. The van der Waals surface area contributed by atoms with Crippen molar-refractivity contribution in [1.29, 1.82) is 5.26 Å². The summed E-state index contributed by atoms with van der Waals surface area (Å²) in [6.07, 6.45) is 5.10. The maximum absolute atomic E-state index is 12.3. The molecule has 0 saturated carbocycles. The third kappa shape index (κ3) is 6.01. The molecule has 0 spiro atoms. The Labute approximate surface area is 213 Å². The number of amides is 2. The number of ether oxygens (including phenoxy) is 1. The van der Waals surface area contributed by atoms with E-state index in [0.29, 0.717) is 27.4 Å². The van der Waals surface area contributed by atoms with Gasteiger partial charge in [0.15, 0.2) is 0 Å². The molecule has 176 valence electrons. The molecule has 0 saturated heterocycles. The highest BCUT2D eigenvalue weighted by molar-refractivity contribution is 9.10. The smallest absolute Gasteiger partial charge is 0.343 e. The summed E-state index contributed by atoms with van der Waals surface area (Å²) in [4.78, 5) is 37.7. The standard InChI is InChI=1S/C25H19BrN4O4S/c26-17-9-7-16(8-10-17)25(33)34-18-11-5-15(6-12-18)14-28-30-23(32)22(31)29-24-20(13-27)19-3-1-2-4-21(19)35-24/h5-12,14H,1-4H2,(H,29,31)(H,30,32). The summed E-state index contributed by atoms with van der Waals surface area (Å²) in [7, 11) is 0. The highest BCUT2D eigenvalue weighted by atomic mass is 79.9. The van der Waals surface area contributed by atoms with Crippen LogP contribution in [0.3, 0.4) is 0 Å². The molecule has 1 heterocycles. The zero-order valence-corrected chi connectivity index (χ0v) is 20.7. The molecular weight excluding hydrogens is 532 g/mol. The largest absolute Gasteiger partial charge is 0.423 e. The number of nitrogens with zero attached hydrogens (tertiary/aromatic N) is 2. The molecule has 0 bridgehead atoms. The van der Waals surface area contributed by atoms with E-state index in [1.807, 2.05) is 0 Å². The lowest BCUT2D eigenvalue weighted by atomic mass is 9.96. The van der Waals surface area contributed by atoms with Crippen LogP contribution in [-0.4, -0.2) is 24.0 Å². The molecule has 8 nitrogen and oxygen atoms in total. The van der Waals surface area contributed by atoms with Crippen molar-refractivity contribution in [2.45, 2.75) is 25.7 Å². The Morgan fingerprint density at radius 2 is 1.74 bits per heavy atom. The number of fused-ring (bicyclic) bond motifs is 1. The van der Waals surface area contributed by atoms with Gasteiger partial charge in [-0.1, -0.05) is 15.9 Å². The Balaban J connectivity index is 1.30. The van der Waals surface area contributed by atoms with Gasteiger partial charge in [0.1, 0.15) is 16.8 Å². The Kier molecular flexibility index (Phi) is 7.70. The molecule has 2 amide bonds. The van der Waals surface area contributed by atoms with Crippen molar-refractivity contribution in [2.75, 3.05) is 5.32 Å². The second-order valence-electron chi connectivity index (χ2n) is 7.65. The first kappa shape index (κ1) is 24.3. The van der Waals surface area contributed by atoms with Crippen LogP contribution in [0.15, 0.2) is 58.1 Å². The maximum Gasteiger partial charge on any atom is 0.343 e. The van der Waals surface area contributed by atoms with E-state index in [4.69, 9.17) is 4.74 Å². The molecule has 0 aliphatic heterocycles. The van der Waals surface area contributed by atoms with Crippen molar-refractivity contribution in [3.05, 3.63) is 80.1 Å². The van der Waals surface area contributed by atoms with Gasteiger partial charge in [-0.3, -0.25) is 9.59 Å². The first-order chi connectivity index (χ1) is 16.9. The average molecular weight is 551 g/mol.